The average Bonchev–Trinajstić information content (AvgIpc) is 3.23. The number of ether oxygens (including phenoxy) is 2. The highest BCUT2D eigenvalue weighted by Crippen LogP contribution is 2.37. The molecule has 0 bridgehead atoms. The summed E-state index contributed by atoms with van der Waals surface area (Å²) in [5.41, 5.74) is 3.15. The summed E-state index contributed by atoms with van der Waals surface area (Å²) in [6.45, 7) is 3.13. The van der Waals surface area contributed by atoms with Crippen LogP contribution in [0, 0.1) is 6.92 Å². The lowest BCUT2D eigenvalue weighted by molar-refractivity contribution is 0.0735. The summed E-state index contributed by atoms with van der Waals surface area (Å²) in [4.78, 5) is 15.0. The highest BCUT2D eigenvalue weighted by molar-refractivity contribution is 5.95. The summed E-state index contributed by atoms with van der Waals surface area (Å²) < 4.78 is 10.7. The fourth-order valence-electron chi connectivity index (χ4n) is 3.49. The number of fused-ring (bicyclic) bond motifs is 1. The van der Waals surface area contributed by atoms with Crippen LogP contribution in [0.15, 0.2) is 42.5 Å². The molecular formula is C19H19NO3. The number of carbonyl (C=O) groups excluding carboxylic acids is 1. The maximum absolute atomic E-state index is 13.0. The Hall–Kier alpha value is -2.49. The molecule has 2 heterocycles. The third kappa shape index (κ3) is 2.44. The van der Waals surface area contributed by atoms with Crippen LogP contribution in [0.5, 0.6) is 11.5 Å². The largest absolute Gasteiger partial charge is 0.454 e. The van der Waals surface area contributed by atoms with Gasteiger partial charge in [-0.05, 0) is 49.1 Å². The van der Waals surface area contributed by atoms with Gasteiger partial charge in [0.1, 0.15) is 0 Å². The quantitative estimate of drug-likeness (QED) is 0.849. The van der Waals surface area contributed by atoms with Gasteiger partial charge in [0.15, 0.2) is 11.5 Å². The smallest absolute Gasteiger partial charge is 0.254 e. The van der Waals surface area contributed by atoms with Crippen molar-refractivity contribution in [2.75, 3.05) is 13.3 Å². The number of hydrogen-bond acceptors (Lipinski definition) is 3. The first kappa shape index (κ1) is 14.1. The van der Waals surface area contributed by atoms with E-state index < -0.39 is 0 Å². The van der Waals surface area contributed by atoms with Crippen LogP contribution in [0.1, 0.15) is 40.4 Å². The molecule has 0 aliphatic carbocycles. The minimum atomic E-state index is 0.0639. The van der Waals surface area contributed by atoms with Crippen molar-refractivity contribution < 1.29 is 14.3 Å². The standard InChI is InChI=1S/C19H19NO3/c1-13-5-2-3-6-15(13)16-7-4-10-20(16)19(21)14-8-9-17-18(11-14)23-12-22-17/h2-3,5-6,8-9,11,16H,4,7,10,12H2,1H3/t16-/m0/s1. The second kappa shape index (κ2) is 5.61. The Labute approximate surface area is 135 Å². The number of hydrogen-bond donors (Lipinski definition) is 0. The van der Waals surface area contributed by atoms with E-state index in [2.05, 4.69) is 19.1 Å². The van der Waals surface area contributed by atoms with Gasteiger partial charge in [-0.2, -0.15) is 0 Å². The van der Waals surface area contributed by atoms with Gasteiger partial charge in [-0.25, -0.2) is 0 Å². The molecule has 2 aliphatic rings. The molecule has 0 spiro atoms. The highest BCUT2D eigenvalue weighted by Gasteiger charge is 2.31. The number of nitrogens with zero attached hydrogens (tertiary/aromatic N) is 1. The first-order valence-corrected chi connectivity index (χ1v) is 8.00. The van der Waals surface area contributed by atoms with Gasteiger partial charge in [-0.15, -0.1) is 0 Å². The Morgan fingerprint density at radius 3 is 2.83 bits per heavy atom. The van der Waals surface area contributed by atoms with Gasteiger partial charge in [-0.1, -0.05) is 24.3 Å². The summed E-state index contributed by atoms with van der Waals surface area (Å²) in [5, 5.41) is 0. The predicted octanol–water partition coefficient (Wildman–Crippen LogP) is 3.70. The zero-order valence-corrected chi connectivity index (χ0v) is 13.1. The topological polar surface area (TPSA) is 38.8 Å². The molecule has 2 aromatic rings. The maximum Gasteiger partial charge on any atom is 0.254 e. The lowest BCUT2D eigenvalue weighted by Crippen LogP contribution is -2.30. The van der Waals surface area contributed by atoms with Crippen molar-refractivity contribution in [3.63, 3.8) is 0 Å². The van der Waals surface area contributed by atoms with Gasteiger partial charge < -0.3 is 14.4 Å². The lowest BCUT2D eigenvalue weighted by atomic mass is 9.99. The molecule has 1 fully saturated rings. The van der Waals surface area contributed by atoms with Crippen molar-refractivity contribution in [1.29, 1.82) is 0 Å². The molecule has 1 saturated heterocycles. The molecular weight excluding hydrogens is 290 g/mol. The Bertz CT molecular complexity index is 756. The average molecular weight is 309 g/mol. The van der Waals surface area contributed by atoms with Gasteiger partial charge in [0.25, 0.3) is 5.91 Å². The Kier molecular flexibility index (Phi) is 3.45. The van der Waals surface area contributed by atoms with Crippen molar-refractivity contribution in [3.8, 4) is 11.5 Å². The van der Waals surface area contributed by atoms with Crippen LogP contribution < -0.4 is 9.47 Å². The van der Waals surface area contributed by atoms with Crippen LogP contribution in [0.3, 0.4) is 0 Å². The number of aryl methyl sites for hydroxylation is 1. The summed E-state index contributed by atoms with van der Waals surface area (Å²) in [7, 11) is 0. The number of rotatable bonds is 2. The van der Waals surface area contributed by atoms with Gasteiger partial charge in [0, 0.05) is 12.1 Å². The third-order valence-corrected chi connectivity index (χ3v) is 4.68. The number of carbonyl (C=O) groups is 1. The van der Waals surface area contributed by atoms with Gasteiger partial charge in [0.05, 0.1) is 6.04 Å². The summed E-state index contributed by atoms with van der Waals surface area (Å²) in [6, 6.07) is 13.9. The van der Waals surface area contributed by atoms with E-state index in [9.17, 15) is 4.79 Å². The highest BCUT2D eigenvalue weighted by atomic mass is 16.7. The normalized spacial score (nSPS) is 19.2. The maximum atomic E-state index is 13.0. The zero-order chi connectivity index (χ0) is 15.8. The number of benzene rings is 2. The van der Waals surface area contributed by atoms with Crippen molar-refractivity contribution in [2.24, 2.45) is 0 Å². The van der Waals surface area contributed by atoms with E-state index in [1.165, 1.54) is 11.1 Å². The van der Waals surface area contributed by atoms with Crippen molar-refractivity contribution in [2.45, 2.75) is 25.8 Å². The molecule has 0 N–H and O–H groups in total. The molecule has 0 radical (unpaired) electrons. The molecule has 2 aliphatic heterocycles. The molecule has 0 unspecified atom stereocenters. The van der Waals surface area contributed by atoms with Crippen LogP contribution in [0.4, 0.5) is 0 Å². The Morgan fingerprint density at radius 1 is 1.13 bits per heavy atom. The monoisotopic (exact) mass is 309 g/mol. The van der Waals surface area contributed by atoms with Crippen molar-refractivity contribution in [3.05, 3.63) is 59.2 Å². The molecule has 118 valence electrons. The SMILES string of the molecule is Cc1ccccc1[C@@H]1CCCN1C(=O)c1ccc2c(c1)OCO2. The first-order chi connectivity index (χ1) is 11.2. The second-order valence-corrected chi connectivity index (χ2v) is 6.08. The fraction of sp³-hybridized carbons (Fsp3) is 0.316. The van der Waals surface area contributed by atoms with Gasteiger partial charge in [-0.3, -0.25) is 4.79 Å². The summed E-state index contributed by atoms with van der Waals surface area (Å²) >= 11 is 0. The summed E-state index contributed by atoms with van der Waals surface area (Å²) in [5.74, 6) is 1.43. The number of amides is 1. The predicted molar refractivity (Wildman–Crippen MR) is 86.8 cm³/mol. The molecule has 23 heavy (non-hydrogen) atoms. The van der Waals surface area contributed by atoms with E-state index in [0.717, 1.165) is 19.4 Å². The molecule has 1 atom stereocenters. The van der Waals surface area contributed by atoms with Crippen LogP contribution in [-0.4, -0.2) is 24.1 Å². The van der Waals surface area contributed by atoms with E-state index in [4.69, 9.17) is 9.47 Å². The van der Waals surface area contributed by atoms with Gasteiger partial charge in [0.2, 0.25) is 6.79 Å². The Morgan fingerprint density at radius 2 is 1.96 bits per heavy atom. The second-order valence-electron chi connectivity index (χ2n) is 6.08. The van der Waals surface area contributed by atoms with E-state index in [0.29, 0.717) is 17.1 Å². The van der Waals surface area contributed by atoms with Crippen LogP contribution >= 0.6 is 0 Å². The lowest BCUT2D eigenvalue weighted by Gasteiger charge is -2.26. The van der Waals surface area contributed by atoms with E-state index in [1.54, 1.807) is 6.07 Å². The summed E-state index contributed by atoms with van der Waals surface area (Å²) in [6.07, 6.45) is 2.05. The Balaban J connectivity index is 1.64. The van der Waals surface area contributed by atoms with Crippen LogP contribution in [0.25, 0.3) is 0 Å². The molecule has 1 amide bonds. The molecule has 2 aromatic carbocycles. The van der Waals surface area contributed by atoms with Crippen LogP contribution in [-0.2, 0) is 0 Å². The minimum absolute atomic E-state index is 0.0639. The van der Waals surface area contributed by atoms with E-state index in [-0.39, 0.29) is 18.7 Å². The molecule has 0 saturated carbocycles. The molecule has 4 heteroatoms. The molecule has 4 nitrogen and oxygen atoms in total. The third-order valence-electron chi connectivity index (χ3n) is 4.68. The molecule has 0 aromatic heterocycles. The zero-order valence-electron chi connectivity index (χ0n) is 13.1. The van der Waals surface area contributed by atoms with E-state index >= 15 is 0 Å². The first-order valence-electron chi connectivity index (χ1n) is 8.00. The van der Waals surface area contributed by atoms with Crippen molar-refractivity contribution in [1.82, 2.24) is 4.90 Å². The fourth-order valence-corrected chi connectivity index (χ4v) is 3.49. The van der Waals surface area contributed by atoms with E-state index in [1.807, 2.05) is 29.2 Å². The van der Waals surface area contributed by atoms with Crippen LogP contribution in [0.2, 0.25) is 0 Å². The van der Waals surface area contributed by atoms with Gasteiger partial charge >= 0.3 is 0 Å². The molecule has 4 rings (SSSR count). The minimum Gasteiger partial charge on any atom is -0.454 e. The number of likely N-dealkylation sites (tertiary alicyclic amines) is 1. The van der Waals surface area contributed by atoms with Crippen molar-refractivity contribution >= 4 is 5.91 Å².